The average molecular weight is 162 g/mol. The third-order valence-corrected chi connectivity index (χ3v) is 4.09. The number of sulfone groups is 1. The van der Waals surface area contributed by atoms with E-state index < -0.39 is 9.84 Å². The van der Waals surface area contributed by atoms with Crippen molar-refractivity contribution in [2.24, 2.45) is 5.92 Å². The van der Waals surface area contributed by atoms with Gasteiger partial charge in [0.15, 0.2) is 9.84 Å². The molecule has 1 saturated carbocycles. The second-order valence-electron chi connectivity index (χ2n) is 2.53. The number of hydrogen-bond acceptors (Lipinski definition) is 3. The molecule has 10 heavy (non-hydrogen) atoms. The molecule has 4 heteroatoms. The van der Waals surface area contributed by atoms with Gasteiger partial charge in [0.2, 0.25) is 0 Å². The van der Waals surface area contributed by atoms with E-state index in [2.05, 4.69) is 0 Å². The molecule has 0 N–H and O–H groups in total. The zero-order valence-electron chi connectivity index (χ0n) is 5.78. The van der Waals surface area contributed by atoms with E-state index in [0.29, 0.717) is 6.42 Å². The second-order valence-corrected chi connectivity index (χ2v) is 5.03. The average Bonchev–Trinajstić information content (AvgIpc) is 2.66. The summed E-state index contributed by atoms with van der Waals surface area (Å²) in [5.41, 5.74) is 0. The van der Waals surface area contributed by atoms with Gasteiger partial charge in [0.1, 0.15) is 6.29 Å². The molecular weight excluding hydrogens is 152 g/mol. The maximum atomic E-state index is 11.0. The van der Waals surface area contributed by atoms with Gasteiger partial charge in [0.05, 0.1) is 5.25 Å². The third-order valence-electron chi connectivity index (χ3n) is 1.82. The van der Waals surface area contributed by atoms with E-state index in [-0.39, 0.29) is 16.9 Å². The predicted molar refractivity (Wildman–Crippen MR) is 37.4 cm³/mol. The van der Waals surface area contributed by atoms with Gasteiger partial charge in [-0.2, -0.15) is 0 Å². The van der Waals surface area contributed by atoms with Crippen molar-refractivity contribution in [2.75, 3.05) is 5.75 Å². The maximum absolute atomic E-state index is 11.0. The largest absolute Gasteiger partial charge is 0.303 e. The van der Waals surface area contributed by atoms with Crippen molar-refractivity contribution in [1.29, 1.82) is 0 Å². The van der Waals surface area contributed by atoms with Crippen molar-refractivity contribution in [2.45, 2.75) is 18.6 Å². The maximum Gasteiger partial charge on any atom is 0.153 e. The third kappa shape index (κ3) is 1.21. The molecule has 0 radical (unpaired) electrons. The van der Waals surface area contributed by atoms with E-state index in [4.69, 9.17) is 0 Å². The molecule has 1 fully saturated rings. The lowest BCUT2D eigenvalue weighted by atomic mass is 10.5. The SMILES string of the molecule is CCS(=O)(=O)[C@@H]1C[C@H]1C=O. The highest BCUT2D eigenvalue weighted by Gasteiger charge is 2.45. The fourth-order valence-electron chi connectivity index (χ4n) is 0.960. The Balaban J connectivity index is 2.63. The molecule has 0 unspecified atom stereocenters. The fourth-order valence-corrected chi connectivity index (χ4v) is 2.50. The monoisotopic (exact) mass is 162 g/mol. The Morgan fingerprint density at radius 2 is 2.20 bits per heavy atom. The summed E-state index contributed by atoms with van der Waals surface area (Å²) in [4.78, 5) is 10.1. The van der Waals surface area contributed by atoms with Crippen LogP contribution in [0, 0.1) is 5.92 Å². The van der Waals surface area contributed by atoms with Gasteiger partial charge >= 0.3 is 0 Å². The van der Waals surface area contributed by atoms with E-state index >= 15 is 0 Å². The van der Waals surface area contributed by atoms with Crippen LogP contribution in [0.2, 0.25) is 0 Å². The molecule has 2 atom stereocenters. The minimum atomic E-state index is -2.92. The van der Waals surface area contributed by atoms with E-state index in [1.165, 1.54) is 0 Å². The predicted octanol–water partition coefficient (Wildman–Crippen LogP) is 0.00850. The van der Waals surface area contributed by atoms with Gasteiger partial charge in [0.25, 0.3) is 0 Å². The van der Waals surface area contributed by atoms with Crippen molar-refractivity contribution in [3.63, 3.8) is 0 Å². The summed E-state index contributed by atoms with van der Waals surface area (Å²) in [6.07, 6.45) is 1.28. The minimum Gasteiger partial charge on any atom is -0.303 e. The molecule has 3 nitrogen and oxygen atoms in total. The Kier molecular flexibility index (Phi) is 1.81. The highest BCUT2D eigenvalue weighted by molar-refractivity contribution is 7.92. The molecule has 58 valence electrons. The van der Waals surface area contributed by atoms with E-state index in [1.54, 1.807) is 6.92 Å². The first kappa shape index (κ1) is 7.72. The van der Waals surface area contributed by atoms with Crippen LogP contribution in [0.1, 0.15) is 13.3 Å². The summed E-state index contributed by atoms with van der Waals surface area (Å²) >= 11 is 0. The molecule has 0 amide bonds. The van der Waals surface area contributed by atoms with Crippen molar-refractivity contribution in [1.82, 2.24) is 0 Å². The first-order valence-electron chi connectivity index (χ1n) is 3.28. The lowest BCUT2D eigenvalue weighted by molar-refractivity contribution is -0.108. The Bertz CT molecular complexity index is 229. The van der Waals surface area contributed by atoms with E-state index in [0.717, 1.165) is 6.29 Å². The quantitative estimate of drug-likeness (QED) is 0.549. The number of rotatable bonds is 3. The second kappa shape index (κ2) is 2.34. The molecule has 0 aromatic rings. The molecule has 0 aromatic heterocycles. The summed E-state index contributed by atoms with van der Waals surface area (Å²) in [7, 11) is -2.92. The van der Waals surface area contributed by atoms with E-state index in [9.17, 15) is 13.2 Å². The molecule has 0 aromatic carbocycles. The van der Waals surface area contributed by atoms with Crippen LogP contribution in [0.5, 0.6) is 0 Å². The number of aldehydes is 1. The van der Waals surface area contributed by atoms with Crippen LogP contribution in [-0.4, -0.2) is 25.7 Å². The normalized spacial score (nSPS) is 31.7. The van der Waals surface area contributed by atoms with Gasteiger partial charge < -0.3 is 4.79 Å². The van der Waals surface area contributed by atoms with Crippen LogP contribution in [0.15, 0.2) is 0 Å². The highest BCUT2D eigenvalue weighted by Crippen LogP contribution is 2.35. The van der Waals surface area contributed by atoms with Gasteiger partial charge in [-0.1, -0.05) is 6.92 Å². The van der Waals surface area contributed by atoms with Crippen LogP contribution >= 0.6 is 0 Å². The van der Waals surface area contributed by atoms with E-state index in [1.807, 2.05) is 0 Å². The molecule has 0 bridgehead atoms. The summed E-state index contributed by atoms with van der Waals surface area (Å²) < 4.78 is 21.9. The summed E-state index contributed by atoms with van der Waals surface area (Å²) in [6.45, 7) is 1.61. The first-order chi connectivity index (χ1) is 4.61. The molecule has 1 aliphatic carbocycles. The Labute approximate surface area is 60.3 Å². The van der Waals surface area contributed by atoms with Gasteiger partial charge in [-0.3, -0.25) is 0 Å². The van der Waals surface area contributed by atoms with Crippen LogP contribution < -0.4 is 0 Å². The molecular formula is C6H10O3S. The number of carbonyl (C=O) groups excluding carboxylic acids is 1. The highest BCUT2D eigenvalue weighted by atomic mass is 32.2. The van der Waals surface area contributed by atoms with Crippen LogP contribution in [0.3, 0.4) is 0 Å². The lowest BCUT2D eigenvalue weighted by Gasteiger charge is -1.94. The lowest BCUT2D eigenvalue weighted by Crippen LogP contribution is -2.11. The smallest absolute Gasteiger partial charge is 0.153 e. The van der Waals surface area contributed by atoms with Crippen molar-refractivity contribution >= 4 is 16.1 Å². The summed E-state index contributed by atoms with van der Waals surface area (Å²) in [5, 5.41) is -0.352. The van der Waals surface area contributed by atoms with Gasteiger partial charge in [-0.05, 0) is 6.42 Å². The molecule has 0 heterocycles. The van der Waals surface area contributed by atoms with Gasteiger partial charge in [-0.15, -0.1) is 0 Å². The molecule has 1 rings (SSSR count). The first-order valence-corrected chi connectivity index (χ1v) is 5.00. The molecule has 0 spiro atoms. The van der Waals surface area contributed by atoms with Crippen molar-refractivity contribution in [3.05, 3.63) is 0 Å². The van der Waals surface area contributed by atoms with Crippen LogP contribution in [0.4, 0.5) is 0 Å². The molecule has 0 aliphatic heterocycles. The Morgan fingerprint density at radius 3 is 2.50 bits per heavy atom. The number of carbonyl (C=O) groups is 1. The summed E-state index contributed by atoms with van der Waals surface area (Å²) in [6, 6.07) is 0. The fraction of sp³-hybridized carbons (Fsp3) is 0.833. The van der Waals surface area contributed by atoms with Crippen LogP contribution in [0.25, 0.3) is 0 Å². The zero-order chi connectivity index (χ0) is 7.78. The Hall–Kier alpha value is -0.380. The topological polar surface area (TPSA) is 51.2 Å². The van der Waals surface area contributed by atoms with Crippen LogP contribution in [-0.2, 0) is 14.6 Å². The van der Waals surface area contributed by atoms with Crippen molar-refractivity contribution < 1.29 is 13.2 Å². The molecule has 1 aliphatic rings. The number of hydrogen-bond donors (Lipinski definition) is 0. The van der Waals surface area contributed by atoms with Gasteiger partial charge in [0, 0.05) is 11.7 Å². The van der Waals surface area contributed by atoms with Crippen molar-refractivity contribution in [3.8, 4) is 0 Å². The molecule has 0 saturated heterocycles. The standard InChI is InChI=1S/C6H10O3S/c1-2-10(8,9)6-3-5(6)4-7/h4-6H,2-3H2,1H3/t5-,6+/m0/s1. The van der Waals surface area contributed by atoms with Gasteiger partial charge in [-0.25, -0.2) is 8.42 Å². The zero-order valence-corrected chi connectivity index (χ0v) is 6.60. The Morgan fingerprint density at radius 1 is 1.60 bits per heavy atom. The minimum absolute atomic E-state index is 0.155. The summed E-state index contributed by atoms with van der Waals surface area (Å²) in [5.74, 6) is -0.0490.